The van der Waals surface area contributed by atoms with Gasteiger partial charge < -0.3 is 15.2 Å². The lowest BCUT2D eigenvalue weighted by Gasteiger charge is -2.18. The average molecular weight is 319 g/mol. The first-order chi connectivity index (χ1) is 10.9. The first-order valence-corrected chi connectivity index (χ1v) is 6.89. The number of carboxylic acids is 1. The maximum Gasteiger partial charge on any atom is 0.326 e. The number of benzene rings is 1. The van der Waals surface area contributed by atoms with Crippen molar-refractivity contribution in [2.75, 3.05) is 7.11 Å². The smallest absolute Gasteiger partial charge is 0.326 e. The number of aliphatic carboxylic acids is 1. The lowest BCUT2D eigenvalue weighted by molar-refractivity contribution is -0.140. The summed E-state index contributed by atoms with van der Waals surface area (Å²) in [5.74, 6) is -1.34. The van der Waals surface area contributed by atoms with Crippen LogP contribution in [-0.2, 0) is 4.79 Å². The Bertz CT molecular complexity index is 699. The highest BCUT2D eigenvalue weighted by Crippen LogP contribution is 2.23. The number of methoxy groups -OCH3 is 1. The van der Waals surface area contributed by atoms with Crippen LogP contribution in [0.4, 0.5) is 0 Å². The summed E-state index contributed by atoms with van der Waals surface area (Å²) in [6.07, 6.45) is 1.37. The van der Waals surface area contributed by atoms with Crippen molar-refractivity contribution in [2.24, 2.45) is 5.92 Å². The molecule has 0 fully saturated rings. The van der Waals surface area contributed by atoms with E-state index in [0.717, 1.165) is 0 Å². The molecule has 0 aliphatic carbocycles. The number of hydrogen-bond acceptors (Lipinski definition) is 6. The summed E-state index contributed by atoms with van der Waals surface area (Å²) in [6, 6.07) is 3.70. The fourth-order valence-electron chi connectivity index (χ4n) is 2.02. The predicted molar refractivity (Wildman–Crippen MR) is 79.4 cm³/mol. The summed E-state index contributed by atoms with van der Waals surface area (Å²) in [5, 5.41) is 22.5. The van der Waals surface area contributed by atoms with Crippen molar-refractivity contribution < 1.29 is 19.4 Å². The number of amides is 1. The van der Waals surface area contributed by atoms with Crippen molar-refractivity contribution in [1.82, 2.24) is 25.5 Å². The van der Waals surface area contributed by atoms with Crippen LogP contribution in [-0.4, -0.2) is 50.3 Å². The molecule has 0 aliphatic rings. The lowest BCUT2D eigenvalue weighted by atomic mass is 10.0. The molecule has 2 aromatic rings. The number of ether oxygens (including phenoxy) is 1. The van der Waals surface area contributed by atoms with Gasteiger partial charge in [-0.25, -0.2) is 4.79 Å². The van der Waals surface area contributed by atoms with Gasteiger partial charge in [-0.2, -0.15) is 4.68 Å². The van der Waals surface area contributed by atoms with Gasteiger partial charge in [0.05, 0.1) is 7.11 Å². The van der Waals surface area contributed by atoms with Crippen molar-refractivity contribution in [2.45, 2.75) is 19.9 Å². The van der Waals surface area contributed by atoms with Crippen LogP contribution >= 0.6 is 0 Å². The molecule has 0 bridgehead atoms. The van der Waals surface area contributed by atoms with E-state index in [1.807, 2.05) is 0 Å². The van der Waals surface area contributed by atoms with Crippen LogP contribution in [0.5, 0.6) is 5.75 Å². The summed E-state index contributed by atoms with van der Waals surface area (Å²) in [7, 11) is 1.49. The van der Waals surface area contributed by atoms with E-state index in [2.05, 4.69) is 20.8 Å². The third-order valence-corrected chi connectivity index (χ3v) is 3.26. The number of carboxylic acid groups (broad SMARTS) is 1. The second-order valence-corrected chi connectivity index (χ2v) is 5.17. The fourth-order valence-corrected chi connectivity index (χ4v) is 2.02. The molecule has 0 spiro atoms. The largest absolute Gasteiger partial charge is 0.494 e. The van der Waals surface area contributed by atoms with Gasteiger partial charge in [-0.05, 0) is 34.5 Å². The summed E-state index contributed by atoms with van der Waals surface area (Å²) in [5.41, 5.74) is 0.754. The van der Waals surface area contributed by atoms with Crippen LogP contribution in [0.25, 0.3) is 5.69 Å². The number of aromatic nitrogens is 4. The van der Waals surface area contributed by atoms with Crippen molar-refractivity contribution in [3.63, 3.8) is 0 Å². The van der Waals surface area contributed by atoms with Gasteiger partial charge in [0.15, 0.2) is 0 Å². The minimum Gasteiger partial charge on any atom is -0.494 e. The van der Waals surface area contributed by atoms with Crippen LogP contribution in [0, 0.1) is 5.92 Å². The Hall–Kier alpha value is -2.97. The van der Waals surface area contributed by atoms with Gasteiger partial charge >= 0.3 is 5.97 Å². The highest BCUT2D eigenvalue weighted by Gasteiger charge is 2.24. The van der Waals surface area contributed by atoms with Gasteiger partial charge in [-0.3, -0.25) is 4.79 Å². The summed E-state index contributed by atoms with van der Waals surface area (Å²) >= 11 is 0. The van der Waals surface area contributed by atoms with E-state index in [9.17, 15) is 9.59 Å². The molecule has 0 saturated carbocycles. The molecule has 2 rings (SSSR count). The molecule has 0 radical (unpaired) electrons. The van der Waals surface area contributed by atoms with Crippen molar-refractivity contribution in [3.8, 4) is 11.4 Å². The third-order valence-electron chi connectivity index (χ3n) is 3.26. The molecular weight excluding hydrogens is 302 g/mol. The maximum atomic E-state index is 12.3. The maximum absolute atomic E-state index is 12.3. The average Bonchev–Trinajstić information content (AvgIpc) is 3.05. The molecule has 9 nitrogen and oxygen atoms in total. The fraction of sp³-hybridized carbons (Fsp3) is 0.357. The number of carbonyl (C=O) groups is 2. The number of nitrogens with zero attached hydrogens (tertiary/aromatic N) is 4. The summed E-state index contributed by atoms with van der Waals surface area (Å²) in [6.45, 7) is 3.44. The van der Waals surface area contributed by atoms with Crippen LogP contribution < -0.4 is 10.1 Å². The molecule has 23 heavy (non-hydrogen) atoms. The first kappa shape index (κ1) is 16.4. The highest BCUT2D eigenvalue weighted by atomic mass is 16.5. The monoisotopic (exact) mass is 319 g/mol. The molecule has 0 aliphatic heterocycles. The zero-order valence-corrected chi connectivity index (χ0v) is 12.9. The molecular formula is C14H17N5O4. The number of nitrogens with one attached hydrogen (secondary N) is 1. The quantitative estimate of drug-likeness (QED) is 0.796. The molecule has 2 N–H and O–H groups in total. The Balaban J connectivity index is 2.31. The Kier molecular flexibility index (Phi) is 4.89. The standard InChI is InChI=1S/C14H17N5O4/c1-8(2)12(14(21)22)16-13(20)9-4-5-11(23-3)10(6-9)19-7-15-17-18-19/h4-8,12H,1-3H3,(H,16,20)(H,21,22). The molecule has 1 aromatic heterocycles. The summed E-state index contributed by atoms with van der Waals surface area (Å²) < 4.78 is 6.57. The van der Waals surface area contributed by atoms with Crippen molar-refractivity contribution in [3.05, 3.63) is 30.1 Å². The number of tetrazole rings is 1. The number of rotatable bonds is 6. The molecule has 1 heterocycles. The normalized spacial score (nSPS) is 12.0. The molecule has 122 valence electrons. The van der Waals surface area contributed by atoms with Crippen LogP contribution in [0.15, 0.2) is 24.5 Å². The zero-order valence-electron chi connectivity index (χ0n) is 12.9. The molecule has 1 amide bonds. The van der Waals surface area contributed by atoms with Crippen LogP contribution in [0.3, 0.4) is 0 Å². The van der Waals surface area contributed by atoms with E-state index in [4.69, 9.17) is 9.84 Å². The molecule has 9 heteroatoms. The predicted octanol–water partition coefficient (Wildman–Crippen LogP) is 0.510. The van der Waals surface area contributed by atoms with Gasteiger partial charge in [0, 0.05) is 5.56 Å². The van der Waals surface area contributed by atoms with E-state index in [-0.39, 0.29) is 11.5 Å². The van der Waals surface area contributed by atoms with Gasteiger partial charge in [0.2, 0.25) is 0 Å². The van der Waals surface area contributed by atoms with Gasteiger partial charge in [0.1, 0.15) is 23.8 Å². The summed E-state index contributed by atoms with van der Waals surface area (Å²) in [4.78, 5) is 23.5. The topological polar surface area (TPSA) is 119 Å². The second-order valence-electron chi connectivity index (χ2n) is 5.17. The Morgan fingerprint density at radius 1 is 1.35 bits per heavy atom. The SMILES string of the molecule is COc1ccc(C(=O)NC(C(=O)O)C(C)C)cc1-n1cnnn1. The van der Waals surface area contributed by atoms with E-state index >= 15 is 0 Å². The minimum atomic E-state index is -1.08. The first-order valence-electron chi connectivity index (χ1n) is 6.89. The van der Waals surface area contributed by atoms with Gasteiger partial charge in [-0.15, -0.1) is 5.10 Å². The van der Waals surface area contributed by atoms with Crippen molar-refractivity contribution >= 4 is 11.9 Å². The van der Waals surface area contributed by atoms with Gasteiger partial charge in [-0.1, -0.05) is 13.8 Å². The molecule has 1 unspecified atom stereocenters. The Labute approximate surface area is 132 Å². The van der Waals surface area contributed by atoms with Crippen molar-refractivity contribution in [1.29, 1.82) is 0 Å². The Morgan fingerprint density at radius 2 is 2.09 bits per heavy atom. The zero-order chi connectivity index (χ0) is 17.0. The number of hydrogen-bond donors (Lipinski definition) is 2. The van der Waals surface area contributed by atoms with Crippen LogP contribution in [0.1, 0.15) is 24.2 Å². The lowest BCUT2D eigenvalue weighted by Crippen LogP contribution is -2.44. The molecule has 0 saturated heterocycles. The molecule has 1 atom stereocenters. The van der Waals surface area contributed by atoms with E-state index in [1.54, 1.807) is 26.0 Å². The minimum absolute atomic E-state index is 0.242. The second kappa shape index (κ2) is 6.86. The Morgan fingerprint density at radius 3 is 2.61 bits per heavy atom. The highest BCUT2D eigenvalue weighted by molar-refractivity contribution is 5.97. The number of carbonyl (C=O) groups excluding carboxylic acids is 1. The van der Waals surface area contributed by atoms with E-state index < -0.39 is 17.9 Å². The van der Waals surface area contributed by atoms with E-state index in [1.165, 1.54) is 24.2 Å². The third kappa shape index (κ3) is 3.62. The molecule has 1 aromatic carbocycles. The van der Waals surface area contributed by atoms with E-state index in [0.29, 0.717) is 11.4 Å². The van der Waals surface area contributed by atoms with Crippen LogP contribution in [0.2, 0.25) is 0 Å². The van der Waals surface area contributed by atoms with Gasteiger partial charge in [0.25, 0.3) is 5.91 Å².